The Labute approximate surface area is 210 Å². The molecule has 0 saturated heterocycles. The van der Waals surface area contributed by atoms with Crippen LogP contribution in [0.5, 0.6) is 0 Å². The summed E-state index contributed by atoms with van der Waals surface area (Å²) in [5.74, 6) is 0.786. The molecule has 34 heavy (non-hydrogen) atoms. The van der Waals surface area contributed by atoms with Crippen molar-refractivity contribution in [3.8, 4) is 0 Å². The normalized spacial score (nSPS) is 37.3. The van der Waals surface area contributed by atoms with E-state index < -0.39 is 0 Å². The molecule has 7 atom stereocenters. The van der Waals surface area contributed by atoms with Crippen LogP contribution in [0.25, 0.3) is 0 Å². The predicted molar refractivity (Wildman–Crippen MR) is 142 cm³/mol. The van der Waals surface area contributed by atoms with E-state index >= 15 is 0 Å². The second-order valence-electron chi connectivity index (χ2n) is 14.1. The van der Waals surface area contributed by atoms with Crippen LogP contribution in [0.2, 0.25) is 0 Å². The van der Waals surface area contributed by atoms with Gasteiger partial charge >= 0.3 is 0 Å². The topological polar surface area (TPSA) is 60.7 Å². The summed E-state index contributed by atoms with van der Waals surface area (Å²) in [5, 5.41) is 31.1. The molecule has 3 nitrogen and oxygen atoms in total. The average Bonchev–Trinajstić information content (AvgIpc) is 3.06. The first-order valence-corrected chi connectivity index (χ1v) is 14.1. The number of hydrogen-bond donors (Lipinski definition) is 3. The Kier molecular flexibility index (Phi) is 8.23. The first-order chi connectivity index (χ1) is 15.7. The number of hydrogen-bond acceptors (Lipinski definition) is 3. The Morgan fingerprint density at radius 1 is 1.06 bits per heavy atom. The minimum absolute atomic E-state index is 0.0556. The fraction of sp³-hybridized carbons (Fsp3) is 0.871. The highest BCUT2D eigenvalue weighted by molar-refractivity contribution is 5.37. The van der Waals surface area contributed by atoms with Crippen LogP contribution >= 0.6 is 0 Å². The predicted octanol–water partition coefficient (Wildman–Crippen LogP) is 7.20. The van der Waals surface area contributed by atoms with Crippen molar-refractivity contribution in [2.75, 3.05) is 6.61 Å². The van der Waals surface area contributed by atoms with Gasteiger partial charge in [0.2, 0.25) is 0 Å². The van der Waals surface area contributed by atoms with E-state index in [1.54, 1.807) is 11.1 Å². The molecule has 0 bridgehead atoms. The second kappa shape index (κ2) is 10.0. The van der Waals surface area contributed by atoms with Gasteiger partial charge in [0.1, 0.15) is 0 Å². The molecule has 0 spiro atoms. The molecule has 0 aromatic heterocycles. The van der Waals surface area contributed by atoms with E-state index in [2.05, 4.69) is 48.5 Å². The standard InChI is InChI=1S/C31H54O3/c1-21(20-32)11-12-26(33)22(2)23-13-18-31(8)25-10-9-16-29(6,17-15-27(34)28(3,4)5)24(25)14-19-30(23,31)7/h11,22-23,26-27,32-34H,9-10,12-20H2,1-8H3/b21-11+/t22-,23+,26?,27-,29+,30+,31-/m0/s1. The van der Waals surface area contributed by atoms with Crippen LogP contribution in [0, 0.1) is 33.5 Å². The van der Waals surface area contributed by atoms with Gasteiger partial charge in [-0.1, -0.05) is 71.3 Å². The van der Waals surface area contributed by atoms with Crippen LogP contribution < -0.4 is 0 Å². The van der Waals surface area contributed by atoms with E-state index in [4.69, 9.17) is 0 Å². The molecule has 0 radical (unpaired) electrons. The molecule has 3 N–H and O–H groups in total. The van der Waals surface area contributed by atoms with Gasteiger partial charge in [0.25, 0.3) is 0 Å². The fourth-order valence-corrected chi connectivity index (χ4v) is 8.06. The zero-order valence-corrected chi connectivity index (χ0v) is 23.5. The van der Waals surface area contributed by atoms with E-state index in [0.29, 0.717) is 12.3 Å². The van der Waals surface area contributed by atoms with Crippen LogP contribution in [-0.2, 0) is 0 Å². The summed E-state index contributed by atoms with van der Waals surface area (Å²) in [6.45, 7) is 18.3. The number of rotatable bonds is 8. The van der Waals surface area contributed by atoms with Crippen LogP contribution in [0.1, 0.15) is 120 Å². The van der Waals surface area contributed by atoms with E-state index in [9.17, 15) is 15.3 Å². The van der Waals surface area contributed by atoms with Gasteiger partial charge in [-0.05, 0) is 105 Å². The molecule has 196 valence electrons. The molecule has 1 unspecified atom stereocenters. The highest BCUT2D eigenvalue weighted by Gasteiger charge is 2.60. The molecule has 0 aromatic rings. The fourth-order valence-electron chi connectivity index (χ4n) is 8.06. The third-order valence-electron chi connectivity index (χ3n) is 11.0. The van der Waals surface area contributed by atoms with E-state index in [1.165, 1.54) is 44.9 Å². The molecule has 1 saturated carbocycles. The largest absolute Gasteiger partial charge is 0.393 e. The maximum Gasteiger partial charge on any atom is 0.0639 e. The first kappa shape index (κ1) is 27.9. The molecule has 3 aliphatic rings. The lowest BCUT2D eigenvalue weighted by Crippen LogP contribution is -2.47. The third-order valence-corrected chi connectivity index (χ3v) is 11.0. The van der Waals surface area contributed by atoms with Gasteiger partial charge in [-0.15, -0.1) is 0 Å². The van der Waals surface area contributed by atoms with Gasteiger partial charge in [0, 0.05) is 0 Å². The summed E-state index contributed by atoms with van der Waals surface area (Å²) in [4.78, 5) is 0. The van der Waals surface area contributed by atoms with Crippen molar-refractivity contribution in [2.24, 2.45) is 33.5 Å². The van der Waals surface area contributed by atoms with Crippen LogP contribution in [0.4, 0.5) is 0 Å². The van der Waals surface area contributed by atoms with E-state index in [1.807, 2.05) is 13.0 Å². The van der Waals surface area contributed by atoms with Crippen molar-refractivity contribution in [1.82, 2.24) is 0 Å². The maximum atomic E-state index is 11.1. The molecule has 0 aliphatic heterocycles. The number of allylic oxidation sites excluding steroid dienone is 2. The Bertz CT molecular complexity index is 789. The number of fused-ring (bicyclic) bond motifs is 2. The first-order valence-electron chi connectivity index (χ1n) is 14.1. The third kappa shape index (κ3) is 4.96. The Morgan fingerprint density at radius 2 is 1.74 bits per heavy atom. The summed E-state index contributed by atoms with van der Waals surface area (Å²) in [7, 11) is 0. The van der Waals surface area contributed by atoms with Crippen molar-refractivity contribution in [3.05, 3.63) is 22.8 Å². The minimum atomic E-state index is -0.350. The van der Waals surface area contributed by atoms with E-state index in [-0.39, 0.29) is 46.4 Å². The lowest BCUT2D eigenvalue weighted by atomic mass is 9.49. The molecule has 3 aliphatic carbocycles. The van der Waals surface area contributed by atoms with Gasteiger partial charge in [0.05, 0.1) is 18.8 Å². The molecule has 0 heterocycles. The van der Waals surface area contributed by atoms with Crippen molar-refractivity contribution in [3.63, 3.8) is 0 Å². The summed E-state index contributed by atoms with van der Waals surface area (Å²) in [6.07, 6.45) is 12.6. The van der Waals surface area contributed by atoms with Crippen molar-refractivity contribution >= 4 is 0 Å². The molecule has 0 amide bonds. The average molecular weight is 475 g/mol. The highest BCUT2D eigenvalue weighted by Crippen LogP contribution is 2.70. The van der Waals surface area contributed by atoms with Gasteiger partial charge in [-0.2, -0.15) is 0 Å². The van der Waals surface area contributed by atoms with Crippen molar-refractivity contribution < 1.29 is 15.3 Å². The Hall–Kier alpha value is -0.640. The maximum absolute atomic E-state index is 11.1. The van der Waals surface area contributed by atoms with Gasteiger partial charge in [-0.25, -0.2) is 0 Å². The lowest BCUT2D eigenvalue weighted by molar-refractivity contribution is -0.00768. The minimum Gasteiger partial charge on any atom is -0.393 e. The van der Waals surface area contributed by atoms with Crippen LogP contribution in [0.3, 0.4) is 0 Å². The number of aliphatic hydroxyl groups is 3. The van der Waals surface area contributed by atoms with Crippen LogP contribution in [0.15, 0.2) is 22.8 Å². The van der Waals surface area contributed by atoms with Gasteiger partial charge in [0.15, 0.2) is 0 Å². The molecule has 0 aromatic carbocycles. The quantitative estimate of drug-likeness (QED) is 0.326. The van der Waals surface area contributed by atoms with Crippen molar-refractivity contribution in [1.29, 1.82) is 0 Å². The summed E-state index contributed by atoms with van der Waals surface area (Å²) in [5.41, 5.74) is 5.04. The van der Waals surface area contributed by atoms with Gasteiger partial charge < -0.3 is 15.3 Å². The zero-order valence-electron chi connectivity index (χ0n) is 23.5. The molecule has 1 fully saturated rings. The lowest BCUT2D eigenvalue weighted by Gasteiger charge is -2.56. The SMILES string of the molecule is C/C(=C\CC(O)[C@@H](C)[C@H]1CC[C@@]2(C)C3=C(CC[C@]12C)[C@@](C)(CC[C@H](O)C(C)(C)C)CCC3)CO. The zero-order chi connectivity index (χ0) is 25.5. The molecular formula is C31H54O3. The second-order valence-corrected chi connectivity index (χ2v) is 14.1. The summed E-state index contributed by atoms with van der Waals surface area (Å²) in [6, 6.07) is 0. The Balaban J connectivity index is 1.84. The highest BCUT2D eigenvalue weighted by atomic mass is 16.3. The Morgan fingerprint density at radius 3 is 2.35 bits per heavy atom. The monoisotopic (exact) mass is 474 g/mol. The molecule has 3 heteroatoms. The smallest absolute Gasteiger partial charge is 0.0639 e. The molecule has 3 rings (SSSR count). The van der Waals surface area contributed by atoms with Crippen molar-refractivity contribution in [2.45, 2.75) is 132 Å². The van der Waals surface area contributed by atoms with Crippen LogP contribution in [-0.4, -0.2) is 34.1 Å². The van der Waals surface area contributed by atoms with E-state index in [0.717, 1.165) is 18.4 Å². The van der Waals surface area contributed by atoms with Gasteiger partial charge in [-0.3, -0.25) is 0 Å². The summed E-state index contributed by atoms with van der Waals surface area (Å²) < 4.78 is 0. The molecular weight excluding hydrogens is 420 g/mol. The summed E-state index contributed by atoms with van der Waals surface area (Å²) >= 11 is 0. The number of aliphatic hydroxyl groups excluding tert-OH is 3.